The maximum absolute atomic E-state index is 11.6. The van der Waals surface area contributed by atoms with Crippen LogP contribution in [0.3, 0.4) is 0 Å². The highest BCUT2D eigenvalue weighted by molar-refractivity contribution is 5.75. The average Bonchev–Trinajstić information content (AvgIpc) is 2.63. The number of nitrogens with one attached hydrogen (secondary N) is 2. The summed E-state index contributed by atoms with van der Waals surface area (Å²) in [6.45, 7) is 8.09. The summed E-state index contributed by atoms with van der Waals surface area (Å²) in [5.74, 6) is 0.644. The minimum atomic E-state index is -0.240. The van der Waals surface area contributed by atoms with E-state index in [-0.39, 0.29) is 11.6 Å². The topological polar surface area (TPSA) is 67.2 Å². The second-order valence-corrected chi connectivity index (χ2v) is 5.59. The van der Waals surface area contributed by atoms with Gasteiger partial charge in [0.2, 0.25) is 0 Å². The van der Waals surface area contributed by atoms with Crippen LogP contribution in [0.1, 0.15) is 32.2 Å². The Bertz CT molecular complexity index is 596. The number of aryl methyl sites for hydroxylation is 1. The molecule has 0 fully saturated rings. The van der Waals surface area contributed by atoms with Crippen LogP contribution < -0.4 is 10.6 Å². The number of carbonyl (C=O) groups excluding carboxylic acids is 1. The molecule has 2 rings (SSSR count). The Morgan fingerprint density at radius 1 is 1.37 bits per heavy atom. The molecule has 0 aliphatic heterocycles. The molecule has 2 amide bonds. The standard InChI is InChI=1S/C14H19N3O2/c1-9-16-11-6-5-10(7-12(11)19-9)8-15-13(18)17-14(2,3)4/h5-7H,8H2,1-4H3,(H2,15,17,18). The summed E-state index contributed by atoms with van der Waals surface area (Å²) in [4.78, 5) is 15.9. The van der Waals surface area contributed by atoms with Gasteiger partial charge >= 0.3 is 6.03 Å². The first kappa shape index (κ1) is 13.4. The zero-order valence-electron chi connectivity index (χ0n) is 11.7. The molecule has 0 saturated heterocycles. The van der Waals surface area contributed by atoms with Gasteiger partial charge in [-0.3, -0.25) is 0 Å². The highest BCUT2D eigenvalue weighted by Gasteiger charge is 2.13. The van der Waals surface area contributed by atoms with Crippen molar-refractivity contribution in [2.24, 2.45) is 0 Å². The Balaban J connectivity index is 1.99. The van der Waals surface area contributed by atoms with E-state index < -0.39 is 0 Å². The number of urea groups is 1. The van der Waals surface area contributed by atoms with E-state index in [1.54, 1.807) is 0 Å². The van der Waals surface area contributed by atoms with Crippen LogP contribution in [0, 0.1) is 6.92 Å². The normalized spacial score (nSPS) is 11.6. The lowest BCUT2D eigenvalue weighted by molar-refractivity contribution is 0.231. The van der Waals surface area contributed by atoms with Crippen molar-refractivity contribution in [3.8, 4) is 0 Å². The summed E-state index contributed by atoms with van der Waals surface area (Å²) in [7, 11) is 0. The molecule has 1 aromatic carbocycles. The van der Waals surface area contributed by atoms with Gasteiger partial charge in [-0.15, -0.1) is 0 Å². The quantitative estimate of drug-likeness (QED) is 0.873. The molecule has 2 N–H and O–H groups in total. The van der Waals surface area contributed by atoms with Crippen molar-refractivity contribution < 1.29 is 9.21 Å². The van der Waals surface area contributed by atoms with Crippen molar-refractivity contribution in [3.63, 3.8) is 0 Å². The van der Waals surface area contributed by atoms with Crippen LogP contribution >= 0.6 is 0 Å². The van der Waals surface area contributed by atoms with Crippen molar-refractivity contribution in [2.75, 3.05) is 0 Å². The lowest BCUT2D eigenvalue weighted by Crippen LogP contribution is -2.46. The molecule has 0 saturated carbocycles. The first-order valence-corrected chi connectivity index (χ1v) is 6.25. The Morgan fingerprint density at radius 3 is 2.79 bits per heavy atom. The second-order valence-electron chi connectivity index (χ2n) is 5.59. The third-order valence-corrected chi connectivity index (χ3v) is 2.50. The number of rotatable bonds is 2. The lowest BCUT2D eigenvalue weighted by Gasteiger charge is -2.20. The monoisotopic (exact) mass is 261 g/mol. The number of nitrogens with zero attached hydrogens (tertiary/aromatic N) is 1. The molecule has 0 atom stereocenters. The fourth-order valence-electron chi connectivity index (χ4n) is 1.76. The van der Waals surface area contributed by atoms with Crippen LogP contribution in [0.15, 0.2) is 22.6 Å². The Hall–Kier alpha value is -2.04. The third-order valence-electron chi connectivity index (χ3n) is 2.50. The summed E-state index contributed by atoms with van der Waals surface area (Å²) in [6.07, 6.45) is 0. The predicted octanol–water partition coefficient (Wildman–Crippen LogP) is 2.73. The van der Waals surface area contributed by atoms with Gasteiger partial charge in [0.25, 0.3) is 0 Å². The Morgan fingerprint density at radius 2 is 2.11 bits per heavy atom. The molecular weight excluding hydrogens is 242 g/mol. The lowest BCUT2D eigenvalue weighted by atomic mass is 10.1. The van der Waals surface area contributed by atoms with E-state index >= 15 is 0 Å². The Labute approximate surface area is 112 Å². The summed E-state index contributed by atoms with van der Waals surface area (Å²) < 4.78 is 5.46. The van der Waals surface area contributed by atoms with Crippen LogP contribution in [0.2, 0.25) is 0 Å². The zero-order valence-corrected chi connectivity index (χ0v) is 11.7. The maximum atomic E-state index is 11.6. The van der Waals surface area contributed by atoms with Gasteiger partial charge in [0.15, 0.2) is 11.5 Å². The van der Waals surface area contributed by atoms with Crippen LogP contribution in [0.5, 0.6) is 0 Å². The molecule has 0 bridgehead atoms. The fraction of sp³-hybridized carbons (Fsp3) is 0.429. The first-order valence-electron chi connectivity index (χ1n) is 6.25. The van der Waals surface area contributed by atoms with Crippen molar-refractivity contribution in [1.82, 2.24) is 15.6 Å². The second kappa shape index (κ2) is 4.91. The number of benzene rings is 1. The van der Waals surface area contributed by atoms with Gasteiger partial charge in [-0.05, 0) is 38.5 Å². The third kappa shape index (κ3) is 3.71. The molecule has 0 spiro atoms. The van der Waals surface area contributed by atoms with Crippen molar-refractivity contribution in [1.29, 1.82) is 0 Å². The molecule has 1 heterocycles. The van der Waals surface area contributed by atoms with Gasteiger partial charge in [0.05, 0.1) is 0 Å². The fourth-order valence-corrected chi connectivity index (χ4v) is 1.76. The van der Waals surface area contributed by atoms with Gasteiger partial charge in [-0.2, -0.15) is 0 Å². The number of fused-ring (bicyclic) bond motifs is 1. The molecular formula is C14H19N3O2. The Kier molecular flexibility index (Phi) is 3.46. The molecule has 102 valence electrons. The minimum Gasteiger partial charge on any atom is -0.441 e. The maximum Gasteiger partial charge on any atom is 0.315 e. The van der Waals surface area contributed by atoms with E-state index in [2.05, 4.69) is 15.6 Å². The van der Waals surface area contributed by atoms with Crippen LogP contribution in [0.4, 0.5) is 4.79 Å². The van der Waals surface area contributed by atoms with Gasteiger partial charge in [0, 0.05) is 19.0 Å². The van der Waals surface area contributed by atoms with Gasteiger partial charge < -0.3 is 15.1 Å². The molecule has 2 aromatic rings. The van der Waals surface area contributed by atoms with Gasteiger partial charge in [-0.25, -0.2) is 9.78 Å². The number of hydrogen-bond donors (Lipinski definition) is 2. The highest BCUT2D eigenvalue weighted by Crippen LogP contribution is 2.16. The average molecular weight is 261 g/mol. The van der Waals surface area contributed by atoms with Crippen LogP contribution in [0.25, 0.3) is 11.1 Å². The molecule has 19 heavy (non-hydrogen) atoms. The first-order chi connectivity index (χ1) is 8.83. The molecule has 0 aliphatic carbocycles. The number of oxazole rings is 1. The SMILES string of the molecule is Cc1nc2ccc(CNC(=O)NC(C)(C)C)cc2o1. The number of carbonyl (C=O) groups is 1. The largest absolute Gasteiger partial charge is 0.441 e. The van der Waals surface area contributed by atoms with Crippen LogP contribution in [-0.4, -0.2) is 16.6 Å². The highest BCUT2D eigenvalue weighted by atomic mass is 16.3. The molecule has 5 nitrogen and oxygen atoms in total. The molecule has 5 heteroatoms. The predicted molar refractivity (Wildman–Crippen MR) is 73.9 cm³/mol. The summed E-state index contributed by atoms with van der Waals surface area (Å²) in [6, 6.07) is 5.54. The summed E-state index contributed by atoms with van der Waals surface area (Å²) in [5, 5.41) is 5.66. The van der Waals surface area contributed by atoms with E-state index in [1.807, 2.05) is 45.9 Å². The number of aromatic nitrogens is 1. The van der Waals surface area contributed by atoms with Crippen LogP contribution in [-0.2, 0) is 6.54 Å². The molecule has 0 aliphatic rings. The van der Waals surface area contributed by atoms with E-state index in [1.165, 1.54) is 0 Å². The van der Waals surface area contributed by atoms with E-state index in [9.17, 15) is 4.79 Å². The number of amides is 2. The van der Waals surface area contributed by atoms with E-state index in [4.69, 9.17) is 4.42 Å². The molecule has 0 unspecified atom stereocenters. The van der Waals surface area contributed by atoms with Crippen molar-refractivity contribution in [3.05, 3.63) is 29.7 Å². The van der Waals surface area contributed by atoms with E-state index in [0.717, 1.165) is 16.7 Å². The van der Waals surface area contributed by atoms with Crippen molar-refractivity contribution >= 4 is 17.1 Å². The van der Waals surface area contributed by atoms with Crippen molar-refractivity contribution in [2.45, 2.75) is 39.8 Å². The minimum absolute atomic E-state index is 0.179. The van der Waals surface area contributed by atoms with Gasteiger partial charge in [-0.1, -0.05) is 6.07 Å². The number of hydrogen-bond acceptors (Lipinski definition) is 3. The molecule has 1 aromatic heterocycles. The van der Waals surface area contributed by atoms with E-state index in [0.29, 0.717) is 12.4 Å². The zero-order chi connectivity index (χ0) is 14.0. The molecule has 0 radical (unpaired) electrons. The smallest absolute Gasteiger partial charge is 0.315 e. The van der Waals surface area contributed by atoms with Gasteiger partial charge in [0.1, 0.15) is 5.52 Å². The summed E-state index contributed by atoms with van der Waals surface area (Å²) >= 11 is 0. The summed E-state index contributed by atoms with van der Waals surface area (Å²) in [5.41, 5.74) is 2.32.